The third kappa shape index (κ3) is 3.58. The quantitative estimate of drug-likeness (QED) is 0.823. The topological polar surface area (TPSA) is 49.8 Å². The monoisotopic (exact) mass is 262 g/mol. The zero-order valence-electron chi connectivity index (χ0n) is 12.4. The van der Waals surface area contributed by atoms with Gasteiger partial charge in [0.05, 0.1) is 0 Å². The molecular formula is C15H26N4. The molecule has 1 aliphatic carbocycles. The van der Waals surface area contributed by atoms with Crippen molar-refractivity contribution in [3.05, 3.63) is 11.4 Å². The van der Waals surface area contributed by atoms with E-state index in [-0.39, 0.29) is 0 Å². The first-order valence-corrected chi connectivity index (χ1v) is 7.62. The Morgan fingerprint density at radius 2 is 1.79 bits per heavy atom. The Labute approximate surface area is 116 Å². The smallest absolute Gasteiger partial charge is 0.134 e. The summed E-state index contributed by atoms with van der Waals surface area (Å²) in [6, 6.07) is 0.595. The molecule has 0 atom stereocenters. The predicted molar refractivity (Wildman–Crippen MR) is 80.8 cm³/mol. The van der Waals surface area contributed by atoms with E-state index in [1.165, 1.54) is 25.7 Å². The standard InChI is InChI=1S/C15H26N4/c1-4-8-13-18-14(16-5-2)11(3)15(19-13)17-12-9-6-7-10-12/h12H,4-10H2,1-3H3,(H2,16,17,18,19). The second-order valence-electron chi connectivity index (χ2n) is 5.37. The van der Waals surface area contributed by atoms with Crippen LogP contribution in [-0.4, -0.2) is 22.6 Å². The fourth-order valence-electron chi connectivity index (χ4n) is 2.64. The van der Waals surface area contributed by atoms with Crippen LogP contribution in [0.15, 0.2) is 0 Å². The van der Waals surface area contributed by atoms with Gasteiger partial charge >= 0.3 is 0 Å². The first kappa shape index (κ1) is 14.1. The summed E-state index contributed by atoms with van der Waals surface area (Å²) in [6.07, 6.45) is 7.23. The molecule has 1 heterocycles. The van der Waals surface area contributed by atoms with Gasteiger partial charge in [-0.15, -0.1) is 0 Å². The molecule has 2 N–H and O–H groups in total. The molecule has 1 aromatic rings. The summed E-state index contributed by atoms with van der Waals surface area (Å²) in [5.74, 6) is 2.97. The number of aryl methyl sites for hydroxylation is 1. The van der Waals surface area contributed by atoms with Gasteiger partial charge in [0.1, 0.15) is 17.5 Å². The maximum absolute atomic E-state index is 4.71. The number of hydrogen-bond donors (Lipinski definition) is 2. The van der Waals surface area contributed by atoms with Crippen LogP contribution >= 0.6 is 0 Å². The third-order valence-corrected chi connectivity index (χ3v) is 3.71. The molecule has 1 aromatic heterocycles. The molecule has 106 valence electrons. The van der Waals surface area contributed by atoms with Crippen molar-refractivity contribution in [2.45, 2.75) is 65.3 Å². The SMILES string of the molecule is CCCc1nc(NCC)c(C)c(NC2CCCC2)n1. The van der Waals surface area contributed by atoms with Gasteiger partial charge in [-0.1, -0.05) is 19.8 Å². The molecule has 0 spiro atoms. The van der Waals surface area contributed by atoms with E-state index in [1.54, 1.807) is 0 Å². The summed E-state index contributed by atoms with van der Waals surface area (Å²) in [6.45, 7) is 7.27. The van der Waals surface area contributed by atoms with Gasteiger partial charge in [-0.05, 0) is 33.1 Å². The highest BCUT2D eigenvalue weighted by atomic mass is 15.1. The molecule has 0 saturated heterocycles. The molecule has 4 nitrogen and oxygen atoms in total. The second-order valence-corrected chi connectivity index (χ2v) is 5.37. The van der Waals surface area contributed by atoms with Crippen LogP contribution in [0.3, 0.4) is 0 Å². The van der Waals surface area contributed by atoms with Gasteiger partial charge in [0, 0.05) is 24.6 Å². The highest BCUT2D eigenvalue weighted by molar-refractivity contribution is 5.57. The van der Waals surface area contributed by atoms with Crippen LogP contribution < -0.4 is 10.6 Å². The van der Waals surface area contributed by atoms with Crippen LogP contribution in [0.5, 0.6) is 0 Å². The Morgan fingerprint density at radius 1 is 1.11 bits per heavy atom. The van der Waals surface area contributed by atoms with E-state index in [4.69, 9.17) is 4.98 Å². The lowest BCUT2D eigenvalue weighted by atomic mass is 10.2. The number of nitrogens with zero attached hydrogens (tertiary/aromatic N) is 2. The summed E-state index contributed by atoms with van der Waals surface area (Å²) in [7, 11) is 0. The van der Waals surface area contributed by atoms with Crippen LogP contribution in [0.1, 0.15) is 57.3 Å². The minimum absolute atomic E-state index is 0.595. The van der Waals surface area contributed by atoms with Gasteiger partial charge < -0.3 is 10.6 Å². The molecule has 1 aliphatic rings. The van der Waals surface area contributed by atoms with E-state index in [1.807, 2.05) is 0 Å². The van der Waals surface area contributed by atoms with Crippen LogP contribution in [0.4, 0.5) is 11.6 Å². The summed E-state index contributed by atoms with van der Waals surface area (Å²) in [5, 5.41) is 6.96. The minimum atomic E-state index is 0.595. The number of aromatic nitrogens is 2. The first-order chi connectivity index (χ1) is 9.24. The van der Waals surface area contributed by atoms with E-state index in [0.29, 0.717) is 6.04 Å². The van der Waals surface area contributed by atoms with Crippen LogP contribution in [-0.2, 0) is 6.42 Å². The van der Waals surface area contributed by atoms with Gasteiger partial charge in [-0.25, -0.2) is 9.97 Å². The van der Waals surface area contributed by atoms with Gasteiger partial charge in [0.15, 0.2) is 0 Å². The van der Waals surface area contributed by atoms with Gasteiger partial charge in [0.25, 0.3) is 0 Å². The lowest BCUT2D eigenvalue weighted by molar-refractivity contribution is 0.742. The average molecular weight is 262 g/mol. The Bertz CT molecular complexity index is 411. The van der Waals surface area contributed by atoms with E-state index < -0.39 is 0 Å². The molecule has 0 bridgehead atoms. The number of rotatable bonds is 6. The largest absolute Gasteiger partial charge is 0.370 e. The average Bonchev–Trinajstić information content (AvgIpc) is 2.88. The number of nitrogens with one attached hydrogen (secondary N) is 2. The molecule has 2 rings (SSSR count). The van der Waals surface area contributed by atoms with Crippen molar-refractivity contribution in [3.63, 3.8) is 0 Å². The third-order valence-electron chi connectivity index (χ3n) is 3.71. The highest BCUT2D eigenvalue weighted by Gasteiger charge is 2.18. The lowest BCUT2D eigenvalue weighted by Gasteiger charge is -2.18. The van der Waals surface area contributed by atoms with Crippen LogP contribution in [0.2, 0.25) is 0 Å². The van der Waals surface area contributed by atoms with Gasteiger partial charge in [0.2, 0.25) is 0 Å². The molecule has 0 unspecified atom stereocenters. The fraction of sp³-hybridized carbons (Fsp3) is 0.733. The van der Waals surface area contributed by atoms with E-state index in [2.05, 4.69) is 36.4 Å². The van der Waals surface area contributed by atoms with E-state index in [9.17, 15) is 0 Å². The predicted octanol–water partition coefficient (Wildman–Crippen LogP) is 3.52. The lowest BCUT2D eigenvalue weighted by Crippen LogP contribution is -2.18. The Morgan fingerprint density at radius 3 is 2.42 bits per heavy atom. The molecule has 1 fully saturated rings. The molecule has 1 saturated carbocycles. The molecule has 19 heavy (non-hydrogen) atoms. The molecular weight excluding hydrogens is 236 g/mol. The number of anilines is 2. The van der Waals surface area contributed by atoms with Crippen LogP contribution in [0, 0.1) is 6.92 Å². The van der Waals surface area contributed by atoms with Crippen molar-refractivity contribution in [3.8, 4) is 0 Å². The molecule has 4 heteroatoms. The van der Waals surface area contributed by atoms with Gasteiger partial charge in [-0.3, -0.25) is 0 Å². The zero-order chi connectivity index (χ0) is 13.7. The summed E-state index contributed by atoms with van der Waals surface area (Å²) >= 11 is 0. The van der Waals surface area contributed by atoms with Crippen molar-refractivity contribution in [2.75, 3.05) is 17.2 Å². The summed E-state index contributed by atoms with van der Waals surface area (Å²) in [5.41, 5.74) is 1.15. The van der Waals surface area contributed by atoms with Crippen molar-refractivity contribution in [1.82, 2.24) is 9.97 Å². The molecule has 0 amide bonds. The molecule has 0 radical (unpaired) electrons. The van der Waals surface area contributed by atoms with Crippen molar-refractivity contribution >= 4 is 11.6 Å². The van der Waals surface area contributed by atoms with E-state index >= 15 is 0 Å². The zero-order valence-corrected chi connectivity index (χ0v) is 12.4. The van der Waals surface area contributed by atoms with E-state index in [0.717, 1.165) is 42.4 Å². The maximum Gasteiger partial charge on any atom is 0.134 e. The normalized spacial score (nSPS) is 15.7. The van der Waals surface area contributed by atoms with Crippen molar-refractivity contribution < 1.29 is 0 Å². The Kier molecular flexibility index (Phi) is 5.00. The second kappa shape index (κ2) is 6.73. The minimum Gasteiger partial charge on any atom is -0.370 e. The summed E-state index contributed by atoms with van der Waals surface area (Å²) in [4.78, 5) is 9.33. The fourth-order valence-corrected chi connectivity index (χ4v) is 2.64. The first-order valence-electron chi connectivity index (χ1n) is 7.62. The Balaban J connectivity index is 2.22. The van der Waals surface area contributed by atoms with Crippen molar-refractivity contribution in [1.29, 1.82) is 0 Å². The highest BCUT2D eigenvalue weighted by Crippen LogP contribution is 2.26. The van der Waals surface area contributed by atoms with Gasteiger partial charge in [-0.2, -0.15) is 0 Å². The summed E-state index contributed by atoms with van der Waals surface area (Å²) < 4.78 is 0. The Hall–Kier alpha value is -1.32. The number of hydrogen-bond acceptors (Lipinski definition) is 4. The maximum atomic E-state index is 4.71. The molecule has 0 aromatic carbocycles. The van der Waals surface area contributed by atoms with Crippen molar-refractivity contribution in [2.24, 2.45) is 0 Å². The molecule has 0 aliphatic heterocycles. The van der Waals surface area contributed by atoms with Crippen LogP contribution in [0.25, 0.3) is 0 Å².